The zero-order valence-corrected chi connectivity index (χ0v) is 17.2. The zero-order chi connectivity index (χ0) is 19.7. The number of nitrogens with one attached hydrogen (secondary N) is 3. The standard InChI is InChI=1S/C22H32N4O2/c1-17-6-5-8-19(14-17)15-24-10-12-25(13-11-24)16-26-20(27)22(23-21(26)28)9-4-3-7-18(22)2/h5-6,8,14,18H,3-4,7,9-13,15-16H2,1-2H3,(H,23,28)/p+2/t18-,22-/m0/s1. The van der Waals surface area contributed by atoms with E-state index in [-0.39, 0.29) is 17.9 Å². The van der Waals surface area contributed by atoms with Crippen molar-refractivity contribution in [1.29, 1.82) is 0 Å². The van der Waals surface area contributed by atoms with Crippen molar-refractivity contribution in [1.82, 2.24) is 10.2 Å². The molecular weight excluding hydrogens is 352 g/mol. The minimum Gasteiger partial charge on any atom is -0.323 e. The van der Waals surface area contributed by atoms with E-state index in [1.54, 1.807) is 4.90 Å². The van der Waals surface area contributed by atoms with Gasteiger partial charge in [0.2, 0.25) is 0 Å². The van der Waals surface area contributed by atoms with Crippen molar-refractivity contribution < 1.29 is 19.4 Å². The zero-order valence-electron chi connectivity index (χ0n) is 17.2. The van der Waals surface area contributed by atoms with Gasteiger partial charge in [-0.2, -0.15) is 0 Å². The molecular formula is C22H34N4O2+2. The molecule has 3 fully saturated rings. The van der Waals surface area contributed by atoms with Crippen molar-refractivity contribution in [2.75, 3.05) is 32.8 Å². The van der Waals surface area contributed by atoms with Gasteiger partial charge in [-0.15, -0.1) is 0 Å². The SMILES string of the molecule is Cc1cccc(C[NH+]2CC[NH+](CN3C(=O)N[C@]4(CCCC[C@@H]4C)C3=O)CC2)c1. The highest BCUT2D eigenvalue weighted by molar-refractivity contribution is 6.07. The van der Waals surface area contributed by atoms with Crippen LogP contribution in [0.3, 0.4) is 0 Å². The molecule has 6 nitrogen and oxygen atoms in total. The van der Waals surface area contributed by atoms with Gasteiger partial charge in [0.25, 0.3) is 5.91 Å². The maximum Gasteiger partial charge on any atom is 0.329 e. The summed E-state index contributed by atoms with van der Waals surface area (Å²) in [4.78, 5) is 30.2. The number of quaternary nitrogens is 2. The minimum absolute atomic E-state index is 0.0201. The lowest BCUT2D eigenvalue weighted by Gasteiger charge is -2.37. The second kappa shape index (κ2) is 7.84. The topological polar surface area (TPSA) is 58.3 Å². The van der Waals surface area contributed by atoms with Gasteiger partial charge >= 0.3 is 6.03 Å². The first-order chi connectivity index (χ1) is 13.5. The molecule has 152 valence electrons. The molecule has 2 saturated heterocycles. The predicted molar refractivity (Wildman–Crippen MR) is 107 cm³/mol. The molecule has 0 aromatic heterocycles. The van der Waals surface area contributed by atoms with Crippen LogP contribution in [-0.4, -0.2) is 55.2 Å². The molecule has 3 N–H and O–H groups in total. The predicted octanol–water partition coefficient (Wildman–Crippen LogP) is -0.263. The molecule has 1 aromatic rings. The van der Waals surface area contributed by atoms with Crippen molar-refractivity contribution in [3.05, 3.63) is 35.4 Å². The van der Waals surface area contributed by atoms with Gasteiger partial charge in [-0.3, -0.25) is 4.79 Å². The molecule has 0 unspecified atom stereocenters. The first-order valence-corrected chi connectivity index (χ1v) is 10.8. The Kier molecular flexibility index (Phi) is 5.43. The van der Waals surface area contributed by atoms with E-state index in [0.717, 1.165) is 58.4 Å². The van der Waals surface area contributed by atoms with Crippen LogP contribution in [0.5, 0.6) is 0 Å². The largest absolute Gasteiger partial charge is 0.329 e. The number of piperazine rings is 1. The van der Waals surface area contributed by atoms with Crippen molar-refractivity contribution in [2.45, 2.75) is 51.6 Å². The normalized spacial score (nSPS) is 33.4. The number of carbonyl (C=O) groups is 2. The van der Waals surface area contributed by atoms with Crippen LogP contribution in [0, 0.1) is 12.8 Å². The van der Waals surface area contributed by atoms with Gasteiger partial charge in [-0.1, -0.05) is 49.6 Å². The maximum absolute atomic E-state index is 13.1. The molecule has 0 bridgehead atoms. The summed E-state index contributed by atoms with van der Waals surface area (Å²) >= 11 is 0. The van der Waals surface area contributed by atoms with Crippen LogP contribution >= 0.6 is 0 Å². The van der Waals surface area contributed by atoms with Gasteiger partial charge in [-0.25, -0.2) is 9.69 Å². The van der Waals surface area contributed by atoms with Crippen LogP contribution < -0.4 is 15.1 Å². The first kappa shape index (κ1) is 19.4. The third kappa shape index (κ3) is 3.67. The average molecular weight is 387 g/mol. The molecule has 3 amide bonds. The molecule has 2 aliphatic heterocycles. The molecule has 2 atom stereocenters. The number of benzene rings is 1. The molecule has 4 rings (SSSR count). The van der Waals surface area contributed by atoms with Gasteiger partial charge in [0.1, 0.15) is 38.3 Å². The van der Waals surface area contributed by atoms with Crippen molar-refractivity contribution >= 4 is 11.9 Å². The van der Waals surface area contributed by atoms with Crippen LogP contribution in [0.15, 0.2) is 24.3 Å². The molecule has 1 spiro atoms. The molecule has 1 saturated carbocycles. The van der Waals surface area contributed by atoms with E-state index in [2.05, 4.69) is 43.4 Å². The molecule has 3 aliphatic rings. The van der Waals surface area contributed by atoms with Crippen molar-refractivity contribution in [3.8, 4) is 0 Å². The Morgan fingerprint density at radius 2 is 1.89 bits per heavy atom. The summed E-state index contributed by atoms with van der Waals surface area (Å²) in [5.74, 6) is 0.250. The summed E-state index contributed by atoms with van der Waals surface area (Å²) in [5.41, 5.74) is 2.07. The second-order valence-corrected chi connectivity index (χ2v) is 9.11. The lowest BCUT2D eigenvalue weighted by molar-refractivity contribution is -1.02. The number of imide groups is 1. The van der Waals surface area contributed by atoms with Crippen LogP contribution in [0.4, 0.5) is 4.79 Å². The Morgan fingerprint density at radius 1 is 1.14 bits per heavy atom. The van der Waals surface area contributed by atoms with Gasteiger partial charge in [0.15, 0.2) is 6.67 Å². The number of aryl methyl sites for hydroxylation is 1. The molecule has 1 aromatic carbocycles. The Hall–Kier alpha value is -1.92. The Labute approximate surface area is 167 Å². The molecule has 2 heterocycles. The number of amides is 3. The summed E-state index contributed by atoms with van der Waals surface area (Å²) < 4.78 is 0. The molecule has 28 heavy (non-hydrogen) atoms. The van der Waals surface area contributed by atoms with Gasteiger partial charge in [0, 0.05) is 5.56 Å². The smallest absolute Gasteiger partial charge is 0.323 e. The Balaban J connectivity index is 1.32. The Morgan fingerprint density at radius 3 is 2.61 bits per heavy atom. The fraction of sp³-hybridized carbons (Fsp3) is 0.636. The monoisotopic (exact) mass is 386 g/mol. The summed E-state index contributed by atoms with van der Waals surface area (Å²) in [6.45, 7) is 9.97. The van der Waals surface area contributed by atoms with Crippen molar-refractivity contribution in [2.24, 2.45) is 5.92 Å². The number of carbonyl (C=O) groups excluding carboxylic acids is 2. The van der Waals surface area contributed by atoms with Gasteiger partial charge in [-0.05, 0) is 25.7 Å². The van der Waals surface area contributed by atoms with Crippen LogP contribution in [-0.2, 0) is 11.3 Å². The van der Waals surface area contributed by atoms with E-state index in [4.69, 9.17) is 0 Å². The summed E-state index contributed by atoms with van der Waals surface area (Å²) in [6, 6.07) is 8.56. The highest BCUT2D eigenvalue weighted by atomic mass is 16.2. The van der Waals surface area contributed by atoms with E-state index in [0.29, 0.717) is 6.67 Å². The van der Waals surface area contributed by atoms with E-state index < -0.39 is 5.54 Å². The Bertz CT molecular complexity index is 744. The lowest BCUT2D eigenvalue weighted by atomic mass is 9.73. The fourth-order valence-corrected chi connectivity index (χ4v) is 5.27. The number of hydrogen-bond acceptors (Lipinski definition) is 2. The van der Waals surface area contributed by atoms with E-state index >= 15 is 0 Å². The lowest BCUT2D eigenvalue weighted by Crippen LogP contribution is -3.28. The number of rotatable bonds is 4. The van der Waals surface area contributed by atoms with Gasteiger partial charge in [0.05, 0.1) is 0 Å². The minimum atomic E-state index is -0.632. The summed E-state index contributed by atoms with van der Waals surface area (Å²) in [5, 5.41) is 3.07. The first-order valence-electron chi connectivity index (χ1n) is 10.8. The highest BCUT2D eigenvalue weighted by Gasteiger charge is 2.55. The van der Waals surface area contributed by atoms with E-state index in [1.807, 2.05) is 0 Å². The molecule has 6 heteroatoms. The quantitative estimate of drug-likeness (QED) is 0.625. The van der Waals surface area contributed by atoms with E-state index in [1.165, 1.54) is 20.9 Å². The highest BCUT2D eigenvalue weighted by Crippen LogP contribution is 2.37. The van der Waals surface area contributed by atoms with Crippen molar-refractivity contribution in [3.63, 3.8) is 0 Å². The van der Waals surface area contributed by atoms with Gasteiger partial charge < -0.3 is 15.1 Å². The summed E-state index contributed by atoms with van der Waals surface area (Å²) in [7, 11) is 0. The van der Waals surface area contributed by atoms with Crippen LogP contribution in [0.25, 0.3) is 0 Å². The van der Waals surface area contributed by atoms with Crippen LogP contribution in [0.2, 0.25) is 0 Å². The van der Waals surface area contributed by atoms with Crippen LogP contribution in [0.1, 0.15) is 43.7 Å². The third-order valence-electron chi connectivity index (χ3n) is 7.08. The number of nitrogens with zero attached hydrogens (tertiary/aromatic N) is 1. The second-order valence-electron chi connectivity index (χ2n) is 9.11. The number of urea groups is 1. The average Bonchev–Trinajstić information content (AvgIpc) is 2.91. The molecule has 0 radical (unpaired) electrons. The summed E-state index contributed by atoms with van der Waals surface area (Å²) in [6.07, 6.45) is 3.99. The molecule has 1 aliphatic carbocycles. The van der Waals surface area contributed by atoms with E-state index in [9.17, 15) is 9.59 Å². The maximum atomic E-state index is 13.1. The number of hydrogen-bond donors (Lipinski definition) is 3. The fourth-order valence-electron chi connectivity index (χ4n) is 5.27. The third-order valence-corrected chi connectivity index (χ3v) is 7.08.